The fraction of sp³-hybridized carbons (Fsp3) is 0.100. The first kappa shape index (κ1) is 24.0. The monoisotopic (exact) mass is 568 g/mol. The summed E-state index contributed by atoms with van der Waals surface area (Å²) in [6.45, 7) is 0. The minimum atomic E-state index is -0.840. The van der Waals surface area contributed by atoms with Gasteiger partial charge in [-0.1, -0.05) is 97.1 Å². The summed E-state index contributed by atoms with van der Waals surface area (Å²) in [5.41, 5.74) is 11.8. The second-order valence-electron chi connectivity index (χ2n) is 12.1. The molecule has 2 spiro atoms. The van der Waals surface area contributed by atoms with Crippen LogP contribution >= 0.6 is 0 Å². The van der Waals surface area contributed by atoms with Gasteiger partial charge in [-0.05, 0) is 36.4 Å². The summed E-state index contributed by atoms with van der Waals surface area (Å²) in [4.78, 5) is 4.55. The molecule has 0 radical (unpaired) electrons. The molecular formula is C40H28N2O2. The zero-order valence-corrected chi connectivity index (χ0v) is 24.4. The lowest BCUT2D eigenvalue weighted by molar-refractivity contribution is 0.130. The van der Waals surface area contributed by atoms with Crippen LogP contribution in [0, 0.1) is 0 Å². The summed E-state index contributed by atoms with van der Waals surface area (Å²) in [6.07, 6.45) is 0. The van der Waals surface area contributed by atoms with E-state index in [1.54, 1.807) is 0 Å². The molecule has 0 aliphatic carbocycles. The predicted molar refractivity (Wildman–Crippen MR) is 175 cm³/mol. The van der Waals surface area contributed by atoms with E-state index in [0.717, 1.165) is 78.8 Å². The molecule has 4 heteroatoms. The van der Waals surface area contributed by atoms with Crippen molar-refractivity contribution in [3.8, 4) is 22.6 Å². The van der Waals surface area contributed by atoms with Crippen molar-refractivity contribution < 1.29 is 9.47 Å². The van der Waals surface area contributed by atoms with Crippen LogP contribution in [-0.2, 0) is 11.2 Å². The third kappa shape index (κ3) is 2.62. The molecule has 0 saturated carbocycles. The van der Waals surface area contributed by atoms with E-state index in [1.807, 2.05) is 0 Å². The van der Waals surface area contributed by atoms with Gasteiger partial charge in [0.05, 0.1) is 0 Å². The smallest absolute Gasteiger partial charge is 0.189 e. The highest BCUT2D eigenvalue weighted by Crippen LogP contribution is 2.65. The van der Waals surface area contributed by atoms with E-state index < -0.39 is 11.2 Å². The van der Waals surface area contributed by atoms with E-state index in [0.29, 0.717) is 0 Å². The summed E-state index contributed by atoms with van der Waals surface area (Å²) in [5.74, 6) is 1.74. The minimum Gasteiger partial charge on any atom is -0.472 e. The Morgan fingerprint density at radius 3 is 1.00 bits per heavy atom. The summed E-state index contributed by atoms with van der Waals surface area (Å²) in [7, 11) is 4.28. The van der Waals surface area contributed by atoms with Crippen molar-refractivity contribution >= 4 is 22.7 Å². The number of anilines is 4. The van der Waals surface area contributed by atoms with Gasteiger partial charge >= 0.3 is 0 Å². The normalized spacial score (nSPS) is 16.6. The number of rotatable bonds is 0. The van der Waals surface area contributed by atoms with Crippen LogP contribution in [0.2, 0.25) is 0 Å². The topological polar surface area (TPSA) is 24.9 Å². The molecule has 0 unspecified atom stereocenters. The van der Waals surface area contributed by atoms with Gasteiger partial charge in [-0.2, -0.15) is 0 Å². The van der Waals surface area contributed by atoms with Crippen LogP contribution in [0.3, 0.4) is 0 Å². The fourth-order valence-corrected chi connectivity index (χ4v) is 8.38. The Morgan fingerprint density at radius 2 is 0.659 bits per heavy atom. The molecular weight excluding hydrogens is 540 g/mol. The largest absolute Gasteiger partial charge is 0.472 e. The van der Waals surface area contributed by atoms with Crippen LogP contribution in [0.1, 0.15) is 33.4 Å². The summed E-state index contributed by atoms with van der Waals surface area (Å²) in [6, 6.07) is 47.5. The first-order valence-electron chi connectivity index (χ1n) is 15.2. The van der Waals surface area contributed by atoms with Crippen LogP contribution < -0.4 is 19.3 Å². The van der Waals surface area contributed by atoms with Gasteiger partial charge in [0.25, 0.3) is 0 Å². The second-order valence-corrected chi connectivity index (χ2v) is 12.1. The minimum absolute atomic E-state index is 0.840. The average Bonchev–Trinajstić information content (AvgIpc) is 3.09. The second kappa shape index (κ2) is 8.12. The number of fused-ring (bicyclic) bond motifs is 10. The zero-order chi connectivity index (χ0) is 29.2. The maximum absolute atomic E-state index is 7.50. The molecule has 4 aliphatic rings. The first-order valence-corrected chi connectivity index (χ1v) is 15.2. The van der Waals surface area contributed by atoms with E-state index in [2.05, 4.69) is 157 Å². The molecule has 6 aromatic carbocycles. The SMILES string of the molecule is CN1c2ccccc2C2(Oc3cccc4c3-c3c(cccc32)OC42c3ccccc3N(C)c3ccccc32)c2ccccc21. The molecule has 210 valence electrons. The van der Waals surface area contributed by atoms with E-state index >= 15 is 0 Å². The zero-order valence-electron chi connectivity index (χ0n) is 24.4. The lowest BCUT2D eigenvalue weighted by Gasteiger charge is -2.52. The Hall–Kier alpha value is -5.48. The summed E-state index contributed by atoms with van der Waals surface area (Å²) in [5, 5.41) is 0. The quantitative estimate of drug-likeness (QED) is 0.183. The van der Waals surface area contributed by atoms with Gasteiger partial charge in [0.15, 0.2) is 11.2 Å². The van der Waals surface area contributed by atoms with E-state index in [4.69, 9.17) is 9.47 Å². The maximum Gasteiger partial charge on any atom is 0.189 e. The number of nitrogens with zero attached hydrogens (tertiary/aromatic N) is 2. The Balaban J connectivity index is 1.33. The molecule has 4 nitrogen and oxygen atoms in total. The van der Waals surface area contributed by atoms with Gasteiger partial charge in [0.2, 0.25) is 0 Å². The van der Waals surface area contributed by atoms with Crippen LogP contribution in [0.4, 0.5) is 22.7 Å². The molecule has 44 heavy (non-hydrogen) atoms. The average molecular weight is 569 g/mol. The van der Waals surface area contributed by atoms with Gasteiger partial charge in [-0.3, -0.25) is 0 Å². The van der Waals surface area contributed by atoms with Crippen LogP contribution in [0.25, 0.3) is 11.1 Å². The Bertz CT molecular complexity index is 1950. The number of ether oxygens (including phenoxy) is 2. The summed E-state index contributed by atoms with van der Waals surface area (Å²) < 4.78 is 15.0. The van der Waals surface area contributed by atoms with Crippen molar-refractivity contribution in [3.05, 3.63) is 167 Å². The van der Waals surface area contributed by atoms with Crippen molar-refractivity contribution in [2.45, 2.75) is 11.2 Å². The lowest BCUT2D eigenvalue weighted by Crippen LogP contribution is -2.47. The van der Waals surface area contributed by atoms with Crippen LogP contribution in [0.15, 0.2) is 133 Å². The molecule has 0 fully saturated rings. The molecule has 0 aromatic heterocycles. The Labute approximate surface area is 256 Å². The van der Waals surface area contributed by atoms with Gasteiger partial charge in [0, 0.05) is 81.4 Å². The lowest BCUT2D eigenvalue weighted by atomic mass is 9.67. The number of hydrogen-bond acceptors (Lipinski definition) is 4. The number of hydrogen-bond donors (Lipinski definition) is 0. The fourth-order valence-electron chi connectivity index (χ4n) is 8.38. The molecule has 0 bridgehead atoms. The molecule has 0 N–H and O–H groups in total. The molecule has 4 heterocycles. The third-order valence-electron chi connectivity index (χ3n) is 10.2. The van der Waals surface area contributed by atoms with Crippen LogP contribution in [-0.4, -0.2) is 14.1 Å². The van der Waals surface area contributed by atoms with Crippen molar-refractivity contribution in [3.63, 3.8) is 0 Å². The number of benzene rings is 6. The highest BCUT2D eigenvalue weighted by molar-refractivity contribution is 5.93. The Morgan fingerprint density at radius 1 is 0.364 bits per heavy atom. The van der Waals surface area contributed by atoms with E-state index in [9.17, 15) is 0 Å². The third-order valence-corrected chi connectivity index (χ3v) is 10.2. The molecule has 0 saturated heterocycles. The summed E-state index contributed by atoms with van der Waals surface area (Å²) >= 11 is 0. The van der Waals surface area contributed by atoms with E-state index in [-0.39, 0.29) is 0 Å². The van der Waals surface area contributed by atoms with Gasteiger partial charge in [-0.15, -0.1) is 0 Å². The van der Waals surface area contributed by atoms with Crippen molar-refractivity contribution in [1.82, 2.24) is 0 Å². The number of para-hydroxylation sites is 4. The van der Waals surface area contributed by atoms with Crippen molar-refractivity contribution in [2.24, 2.45) is 0 Å². The highest BCUT2D eigenvalue weighted by Gasteiger charge is 2.56. The van der Waals surface area contributed by atoms with Crippen LogP contribution in [0.5, 0.6) is 11.5 Å². The molecule has 0 atom stereocenters. The van der Waals surface area contributed by atoms with Crippen molar-refractivity contribution in [1.29, 1.82) is 0 Å². The van der Waals surface area contributed by atoms with Gasteiger partial charge in [-0.25, -0.2) is 0 Å². The Kier molecular flexibility index (Phi) is 4.43. The molecule has 10 rings (SSSR count). The molecule has 0 amide bonds. The van der Waals surface area contributed by atoms with E-state index in [1.165, 1.54) is 0 Å². The first-order chi connectivity index (χ1) is 21.6. The highest BCUT2D eigenvalue weighted by atomic mass is 16.5. The van der Waals surface area contributed by atoms with Gasteiger partial charge < -0.3 is 19.3 Å². The maximum atomic E-state index is 7.50. The van der Waals surface area contributed by atoms with Crippen molar-refractivity contribution in [2.75, 3.05) is 23.9 Å². The molecule has 6 aromatic rings. The molecule has 4 aliphatic heterocycles. The standard InChI is InChI=1S/C40H28N2O2/c1-41-31-19-7-3-13-25(31)39(26-14-4-8-20-32(26)41)29-17-11-24-36-37(29)38-30(18-12-23-35(38)43-39)40(44-36)27-15-5-9-21-33(27)42(2)34-22-10-6-16-28(34)40/h3-24H,1-2H3. The predicted octanol–water partition coefficient (Wildman–Crippen LogP) is 8.88. The van der Waals surface area contributed by atoms with Gasteiger partial charge in [0.1, 0.15) is 11.5 Å².